The van der Waals surface area contributed by atoms with E-state index in [4.69, 9.17) is 19.7 Å². The molecule has 11 rings (SSSR count). The Bertz CT molecular complexity index is 2750. The molecule has 5 saturated heterocycles. The van der Waals surface area contributed by atoms with Gasteiger partial charge in [0, 0.05) is 115 Å². The summed E-state index contributed by atoms with van der Waals surface area (Å²) in [6.45, 7) is 15.4. The Kier molecular flexibility index (Phi) is 15.8. The van der Waals surface area contributed by atoms with Crippen LogP contribution < -0.4 is 20.9 Å². The molecule has 6 fully saturated rings. The molecule has 0 radical (unpaired) electrons. The van der Waals surface area contributed by atoms with Crippen molar-refractivity contribution in [1.29, 1.82) is 0 Å². The minimum atomic E-state index is -0.787. The first kappa shape index (κ1) is 53.2. The number of aromatic nitrogens is 5. The number of nitrogens with one attached hydrogen (secondary N) is 1. The molecule has 2 aliphatic carbocycles. The van der Waals surface area contributed by atoms with Gasteiger partial charge in [-0.3, -0.25) is 19.2 Å². The van der Waals surface area contributed by atoms with E-state index in [0.29, 0.717) is 47.0 Å². The van der Waals surface area contributed by atoms with Gasteiger partial charge in [0.1, 0.15) is 17.7 Å². The van der Waals surface area contributed by atoms with E-state index in [-0.39, 0.29) is 54.0 Å². The van der Waals surface area contributed by atoms with E-state index in [9.17, 15) is 19.8 Å². The van der Waals surface area contributed by atoms with E-state index >= 15 is 0 Å². The lowest BCUT2D eigenvalue weighted by Crippen LogP contribution is -2.61. The number of nitrogens with zero attached hydrogens (tertiary/aromatic N) is 10. The molecule has 19 nitrogen and oxygen atoms in total. The number of β-amino-alcohol motifs (C(OH)–C–C–N with tert-alkyl or cyclic N) is 1. The number of aliphatic hydroxyl groups excluding tert-OH is 1. The molecule has 1 unspecified atom stereocenters. The SMILES string of the molecule is CC(C)[C@@H](C(=O)N1C[C@H](O)C[C@H]1C(=O)N[C@@H](C)C1C=CC(c2ccnn2C)=CC1)c1cc(N2CCC(CN3CCC(OC4CC(N5CCOC6(CCN(c7cc(-c8ccccc8O)nnc7N)CC6)C5)C4)CC3)CC2)no1. The summed E-state index contributed by atoms with van der Waals surface area (Å²) in [4.78, 5) is 39.7. The number of aryl methyl sites for hydroxylation is 1. The first-order chi connectivity index (χ1) is 37.3. The quantitative estimate of drug-likeness (QED) is 0.114. The van der Waals surface area contributed by atoms with E-state index in [2.05, 4.69) is 63.6 Å². The number of nitrogens with two attached hydrogens (primary N) is 1. The summed E-state index contributed by atoms with van der Waals surface area (Å²) in [5, 5.41) is 41.7. The smallest absolute Gasteiger partial charge is 0.243 e. The van der Waals surface area contributed by atoms with E-state index in [1.165, 1.54) is 0 Å². The number of rotatable bonds is 15. The third kappa shape index (κ3) is 11.7. The zero-order valence-corrected chi connectivity index (χ0v) is 45.5. The standard InChI is InChI=1S/C58H80N12O7/c1-37(2)54(57(74)70-35-43(71)31-50(70)56(73)61-38(3)40-9-11-41(12-10-40)48-13-20-60-65(48)4)52-33-53(64-77-52)68-23-14-39(15-24-68)34-66-21-16-44(17-22-66)76-45-29-42(30-45)69-27-28-75-58(36-69)18-25-67(26-19-58)49-32-47(62-63-55(49)59)46-7-5-6-8-51(46)72/h5-9,11-13,20,32-33,37-40,42-45,50,54,71-72H,10,14-19,21-31,34-36H2,1-4H3,(H2,59,63)(H,61,73)/t38-,40?,42?,43+,45?,50-,54+/m0/s1. The van der Waals surface area contributed by atoms with E-state index < -0.39 is 18.1 Å². The van der Waals surface area contributed by atoms with Crippen molar-refractivity contribution < 1.29 is 33.8 Å². The molecule has 8 heterocycles. The number of hydrogen-bond acceptors (Lipinski definition) is 16. The molecule has 4 aromatic rings. The van der Waals surface area contributed by atoms with Crippen molar-refractivity contribution in [3.63, 3.8) is 0 Å². The maximum Gasteiger partial charge on any atom is 0.243 e. The number of allylic oxidation sites excluding steroid dienone is 3. The van der Waals surface area contributed by atoms with Crippen molar-refractivity contribution in [1.82, 2.24) is 45.2 Å². The molecule has 5 atom stereocenters. The molecular weight excluding hydrogens is 977 g/mol. The first-order valence-electron chi connectivity index (χ1n) is 28.6. The van der Waals surface area contributed by atoms with Crippen molar-refractivity contribution in [3.05, 3.63) is 78.3 Å². The lowest BCUT2D eigenvalue weighted by Gasteiger charge is -2.52. The second kappa shape index (κ2) is 22.8. The molecule has 1 saturated carbocycles. The summed E-state index contributed by atoms with van der Waals surface area (Å²) in [7, 11) is 1.92. The van der Waals surface area contributed by atoms with Crippen molar-refractivity contribution in [3.8, 4) is 17.0 Å². The number of aromatic hydroxyl groups is 1. The number of amides is 2. The van der Waals surface area contributed by atoms with Gasteiger partial charge in [0.2, 0.25) is 11.8 Å². The average Bonchev–Trinajstić information content (AvgIpc) is 4.22. The average molecular weight is 1060 g/mol. The number of para-hydroxylation sites is 1. The number of likely N-dealkylation sites (tertiary alicyclic amines) is 2. The second-order valence-electron chi connectivity index (χ2n) is 23.6. The van der Waals surface area contributed by atoms with Gasteiger partial charge in [-0.05, 0) is 106 Å². The fraction of sp³-hybridized carbons (Fsp3) is 0.621. The number of aliphatic hydroxyl groups is 1. The fourth-order valence-corrected chi connectivity index (χ4v) is 13.3. The number of phenolic OH excluding ortho intramolecular Hbond substituents is 1. The number of hydrogen-bond donors (Lipinski definition) is 4. The number of nitrogen functional groups attached to an aromatic ring is 1. The van der Waals surface area contributed by atoms with Crippen molar-refractivity contribution in [2.45, 2.75) is 133 Å². The van der Waals surface area contributed by atoms with Crippen molar-refractivity contribution in [2.75, 3.05) is 87.6 Å². The van der Waals surface area contributed by atoms with Crippen LogP contribution >= 0.6 is 0 Å². The van der Waals surface area contributed by atoms with E-state index in [0.717, 1.165) is 146 Å². The molecular formula is C58H80N12O7. The summed E-state index contributed by atoms with van der Waals surface area (Å²) in [6, 6.07) is 12.6. The molecule has 7 aliphatic rings. The Labute approximate surface area is 452 Å². The molecule has 77 heavy (non-hydrogen) atoms. The molecule has 5 aliphatic heterocycles. The number of benzene rings is 1. The third-order valence-corrected chi connectivity index (χ3v) is 18.1. The third-order valence-electron chi connectivity index (χ3n) is 18.1. The normalized spacial score (nSPS) is 26.5. The van der Waals surface area contributed by atoms with Crippen LogP contribution in [0.3, 0.4) is 0 Å². The van der Waals surface area contributed by atoms with Gasteiger partial charge in [0.05, 0.1) is 47.6 Å². The predicted molar refractivity (Wildman–Crippen MR) is 294 cm³/mol. The van der Waals surface area contributed by atoms with Gasteiger partial charge in [-0.15, -0.1) is 10.2 Å². The summed E-state index contributed by atoms with van der Waals surface area (Å²) in [5.41, 5.74) is 10.4. The van der Waals surface area contributed by atoms with Crippen LogP contribution in [0, 0.1) is 17.8 Å². The summed E-state index contributed by atoms with van der Waals surface area (Å²) < 4.78 is 21.1. The first-order valence-corrected chi connectivity index (χ1v) is 28.6. The molecule has 5 N–H and O–H groups in total. The van der Waals surface area contributed by atoms with E-state index in [1.807, 2.05) is 62.8 Å². The van der Waals surface area contributed by atoms with Gasteiger partial charge in [-0.25, -0.2) is 0 Å². The van der Waals surface area contributed by atoms with Gasteiger partial charge in [0.25, 0.3) is 0 Å². The maximum atomic E-state index is 14.4. The number of morpholine rings is 1. The molecule has 3 aromatic heterocycles. The summed E-state index contributed by atoms with van der Waals surface area (Å²) >= 11 is 0. The predicted octanol–water partition coefficient (Wildman–Crippen LogP) is 5.62. The van der Waals surface area contributed by atoms with Gasteiger partial charge < -0.3 is 54.9 Å². The molecule has 414 valence electrons. The van der Waals surface area contributed by atoms with Crippen molar-refractivity contribution in [2.24, 2.45) is 24.8 Å². The molecule has 0 bridgehead atoms. The Hall–Kier alpha value is -5.86. The number of piperidine rings is 3. The molecule has 1 aromatic carbocycles. The van der Waals surface area contributed by atoms with Gasteiger partial charge in [-0.1, -0.05) is 49.4 Å². The Balaban J connectivity index is 0.592. The minimum absolute atomic E-state index is 0.0981. The highest BCUT2D eigenvalue weighted by molar-refractivity contribution is 5.91. The lowest BCUT2D eigenvalue weighted by atomic mass is 9.83. The Morgan fingerprint density at radius 2 is 1.71 bits per heavy atom. The summed E-state index contributed by atoms with van der Waals surface area (Å²) in [6.07, 6.45) is 17.3. The van der Waals surface area contributed by atoms with Gasteiger partial charge in [0.15, 0.2) is 17.4 Å². The highest BCUT2D eigenvalue weighted by atomic mass is 16.5. The van der Waals surface area contributed by atoms with E-state index in [1.54, 1.807) is 23.2 Å². The Morgan fingerprint density at radius 3 is 2.43 bits per heavy atom. The topological polar surface area (TPSA) is 217 Å². The van der Waals surface area contributed by atoms with Crippen LogP contribution in [0.15, 0.2) is 71.4 Å². The largest absolute Gasteiger partial charge is 0.507 e. The number of anilines is 3. The van der Waals surface area contributed by atoms with Crippen LogP contribution in [-0.4, -0.2) is 176 Å². The maximum absolute atomic E-state index is 14.4. The molecule has 2 amide bonds. The molecule has 19 heteroatoms. The Morgan fingerprint density at radius 1 is 0.935 bits per heavy atom. The summed E-state index contributed by atoms with van der Waals surface area (Å²) in [5.74, 6) is 1.30. The fourth-order valence-electron chi connectivity index (χ4n) is 13.3. The minimum Gasteiger partial charge on any atom is -0.507 e. The number of phenols is 1. The molecule has 1 spiro atoms. The van der Waals surface area contributed by atoms with Crippen LogP contribution in [0.25, 0.3) is 16.8 Å². The highest BCUT2D eigenvalue weighted by Crippen LogP contribution is 2.40. The van der Waals surface area contributed by atoms with Gasteiger partial charge >= 0.3 is 0 Å². The van der Waals surface area contributed by atoms with Crippen LogP contribution in [0.1, 0.15) is 102 Å². The lowest BCUT2D eigenvalue weighted by molar-refractivity contribution is -0.159. The number of carbonyl (C=O) groups is 2. The zero-order valence-electron chi connectivity index (χ0n) is 45.5. The zero-order chi connectivity index (χ0) is 53.4. The van der Waals surface area contributed by atoms with Gasteiger partial charge in [-0.2, -0.15) is 5.10 Å². The van der Waals surface area contributed by atoms with Crippen LogP contribution in [-0.2, 0) is 26.1 Å². The number of carbonyl (C=O) groups excluding carboxylic acids is 2. The highest BCUT2D eigenvalue weighted by Gasteiger charge is 2.46. The van der Waals surface area contributed by atoms with Crippen LogP contribution in [0.4, 0.5) is 17.3 Å². The van der Waals surface area contributed by atoms with Crippen LogP contribution in [0.5, 0.6) is 5.75 Å². The monoisotopic (exact) mass is 1060 g/mol. The van der Waals surface area contributed by atoms with Crippen LogP contribution in [0.2, 0.25) is 0 Å². The van der Waals surface area contributed by atoms with Crippen molar-refractivity contribution >= 4 is 34.7 Å². The second-order valence-corrected chi connectivity index (χ2v) is 23.6. The number of ether oxygens (including phenoxy) is 2.